The van der Waals surface area contributed by atoms with E-state index < -0.39 is 0 Å². The minimum absolute atomic E-state index is 0.152. The number of fused-ring (bicyclic) bond motifs is 1. The zero-order valence-electron chi connectivity index (χ0n) is 19.7. The first-order valence-corrected chi connectivity index (χ1v) is 11.7. The minimum atomic E-state index is -0.348. The van der Waals surface area contributed by atoms with Crippen LogP contribution in [0.3, 0.4) is 0 Å². The Morgan fingerprint density at radius 1 is 1.18 bits per heavy atom. The van der Waals surface area contributed by atoms with Crippen molar-refractivity contribution >= 4 is 34.9 Å². The molecule has 0 atom stereocenters. The second-order valence-electron chi connectivity index (χ2n) is 7.97. The summed E-state index contributed by atoms with van der Waals surface area (Å²) in [4.78, 5) is 41.3. The summed E-state index contributed by atoms with van der Waals surface area (Å²) in [5.74, 6) is -0.0486. The number of nitrogens with zero attached hydrogens (tertiary/aromatic N) is 2. The molecule has 0 saturated heterocycles. The molecule has 0 aliphatic carbocycles. The smallest absolute Gasteiger partial charge is 0.265 e. The number of carbonyl (C=O) groups excluding carboxylic acids is 3. The second-order valence-corrected chi connectivity index (χ2v) is 8.38. The molecule has 0 fully saturated rings. The van der Waals surface area contributed by atoms with Crippen LogP contribution < -0.4 is 19.7 Å². The molecule has 0 aromatic heterocycles. The summed E-state index contributed by atoms with van der Waals surface area (Å²) >= 11 is 6.14. The molecule has 8 nitrogen and oxygen atoms in total. The third-order valence-electron chi connectivity index (χ3n) is 5.62. The topological polar surface area (TPSA) is 88.2 Å². The van der Waals surface area contributed by atoms with Crippen molar-refractivity contribution < 1.29 is 23.9 Å². The lowest BCUT2D eigenvalue weighted by molar-refractivity contribution is -0.125. The van der Waals surface area contributed by atoms with Gasteiger partial charge in [-0.25, -0.2) is 0 Å². The number of nitrogens with one attached hydrogen (secondary N) is 1. The number of rotatable bonds is 11. The molecule has 0 radical (unpaired) electrons. The Labute approximate surface area is 204 Å². The van der Waals surface area contributed by atoms with Gasteiger partial charge >= 0.3 is 0 Å². The van der Waals surface area contributed by atoms with Crippen LogP contribution >= 0.6 is 11.6 Å². The fraction of sp³-hybridized carbons (Fsp3) is 0.400. The quantitative estimate of drug-likeness (QED) is 0.490. The van der Waals surface area contributed by atoms with E-state index in [-0.39, 0.29) is 37.4 Å². The van der Waals surface area contributed by atoms with Gasteiger partial charge in [0.2, 0.25) is 5.91 Å². The van der Waals surface area contributed by atoms with Gasteiger partial charge in [-0.1, -0.05) is 31.5 Å². The van der Waals surface area contributed by atoms with E-state index in [1.807, 2.05) is 13.0 Å². The standard InChI is InChI=1S/C25H30ClN3O5/c1-4-28(5-2)11-10-27-24(31)14-29-20-13-18(7-9-22(20)34-16-25(29)32)21(30)15-33-23-12-17(3)6-8-19(23)26/h6-9,12-13H,4-5,10-11,14-16H2,1-3H3,(H,27,31). The monoisotopic (exact) mass is 487 g/mol. The number of amides is 2. The Hall–Kier alpha value is -3.10. The van der Waals surface area contributed by atoms with E-state index in [9.17, 15) is 14.4 Å². The summed E-state index contributed by atoms with van der Waals surface area (Å²) in [5, 5.41) is 3.27. The molecule has 34 heavy (non-hydrogen) atoms. The number of hydrogen-bond donors (Lipinski definition) is 1. The predicted octanol–water partition coefficient (Wildman–Crippen LogP) is 3.09. The van der Waals surface area contributed by atoms with Crippen LogP contribution in [0.2, 0.25) is 5.02 Å². The van der Waals surface area contributed by atoms with Crippen LogP contribution in [0.4, 0.5) is 5.69 Å². The van der Waals surface area contributed by atoms with Crippen molar-refractivity contribution in [1.82, 2.24) is 10.2 Å². The van der Waals surface area contributed by atoms with Gasteiger partial charge in [0, 0.05) is 18.7 Å². The Balaban J connectivity index is 1.67. The van der Waals surface area contributed by atoms with E-state index in [4.69, 9.17) is 21.1 Å². The molecule has 0 saturated carbocycles. The van der Waals surface area contributed by atoms with Gasteiger partial charge in [-0.3, -0.25) is 19.3 Å². The second kappa shape index (κ2) is 11.9. The van der Waals surface area contributed by atoms with E-state index in [1.165, 1.54) is 4.90 Å². The molecule has 182 valence electrons. The summed E-state index contributed by atoms with van der Waals surface area (Å²) < 4.78 is 11.1. The van der Waals surface area contributed by atoms with Crippen molar-refractivity contribution in [2.75, 3.05) is 50.8 Å². The molecule has 9 heteroatoms. The Kier molecular flexibility index (Phi) is 8.90. The van der Waals surface area contributed by atoms with Gasteiger partial charge in [0.1, 0.15) is 18.0 Å². The zero-order valence-corrected chi connectivity index (χ0v) is 20.5. The molecular formula is C25H30ClN3O5. The third-order valence-corrected chi connectivity index (χ3v) is 5.93. The summed E-state index contributed by atoms with van der Waals surface area (Å²) in [6.07, 6.45) is 0. The molecule has 1 N–H and O–H groups in total. The first kappa shape index (κ1) is 25.5. The minimum Gasteiger partial charge on any atom is -0.484 e. The van der Waals surface area contributed by atoms with Crippen molar-refractivity contribution in [3.63, 3.8) is 0 Å². The molecule has 2 aromatic rings. The average Bonchev–Trinajstić information content (AvgIpc) is 2.83. The number of ether oxygens (including phenoxy) is 2. The van der Waals surface area contributed by atoms with Gasteiger partial charge in [-0.05, 0) is 55.9 Å². The van der Waals surface area contributed by atoms with Gasteiger partial charge in [-0.2, -0.15) is 0 Å². The summed E-state index contributed by atoms with van der Waals surface area (Å²) in [5.41, 5.74) is 1.68. The van der Waals surface area contributed by atoms with E-state index in [0.29, 0.717) is 34.3 Å². The average molecular weight is 488 g/mol. The van der Waals surface area contributed by atoms with Gasteiger partial charge < -0.3 is 19.7 Å². The van der Waals surface area contributed by atoms with Gasteiger partial charge in [0.15, 0.2) is 19.0 Å². The van der Waals surface area contributed by atoms with Gasteiger partial charge in [-0.15, -0.1) is 0 Å². The van der Waals surface area contributed by atoms with Crippen LogP contribution in [-0.2, 0) is 9.59 Å². The Morgan fingerprint density at radius 2 is 1.94 bits per heavy atom. The molecule has 2 amide bonds. The molecule has 0 bridgehead atoms. The lowest BCUT2D eigenvalue weighted by atomic mass is 10.1. The highest BCUT2D eigenvalue weighted by Crippen LogP contribution is 2.33. The van der Waals surface area contributed by atoms with Crippen LogP contribution in [0.1, 0.15) is 29.8 Å². The highest BCUT2D eigenvalue weighted by molar-refractivity contribution is 6.32. The zero-order chi connectivity index (χ0) is 24.7. The third kappa shape index (κ3) is 6.48. The molecule has 0 unspecified atom stereocenters. The fourth-order valence-electron chi connectivity index (χ4n) is 3.59. The van der Waals surface area contributed by atoms with Gasteiger partial charge in [0.25, 0.3) is 5.91 Å². The first-order valence-electron chi connectivity index (χ1n) is 11.3. The summed E-state index contributed by atoms with van der Waals surface area (Å²) in [7, 11) is 0. The molecule has 1 aliphatic heterocycles. The van der Waals surface area contributed by atoms with Crippen molar-refractivity contribution in [3.05, 3.63) is 52.5 Å². The molecule has 3 rings (SSSR count). The lowest BCUT2D eigenvalue weighted by Crippen LogP contribution is -2.46. The number of hydrogen-bond acceptors (Lipinski definition) is 6. The first-order chi connectivity index (χ1) is 16.3. The van der Waals surface area contributed by atoms with Crippen LogP contribution in [0, 0.1) is 6.92 Å². The summed E-state index contributed by atoms with van der Waals surface area (Å²) in [6, 6.07) is 10.1. The van der Waals surface area contributed by atoms with Crippen LogP contribution in [0.25, 0.3) is 0 Å². The molecular weight excluding hydrogens is 458 g/mol. The number of carbonyl (C=O) groups is 3. The number of anilines is 1. The highest BCUT2D eigenvalue weighted by Gasteiger charge is 2.28. The molecule has 1 heterocycles. The molecule has 0 spiro atoms. The van der Waals surface area contributed by atoms with Crippen molar-refractivity contribution in [2.24, 2.45) is 0 Å². The van der Waals surface area contributed by atoms with Crippen molar-refractivity contribution in [3.8, 4) is 11.5 Å². The van der Waals surface area contributed by atoms with E-state index >= 15 is 0 Å². The number of ketones is 1. The Morgan fingerprint density at radius 3 is 2.68 bits per heavy atom. The van der Waals surface area contributed by atoms with Gasteiger partial charge in [0.05, 0.1) is 10.7 Å². The fourth-order valence-corrected chi connectivity index (χ4v) is 3.76. The molecule has 1 aliphatic rings. The largest absolute Gasteiger partial charge is 0.484 e. The van der Waals surface area contributed by atoms with Crippen LogP contribution in [0.15, 0.2) is 36.4 Å². The van der Waals surface area contributed by atoms with E-state index in [2.05, 4.69) is 24.1 Å². The van der Waals surface area contributed by atoms with E-state index in [0.717, 1.165) is 25.2 Å². The number of aryl methyl sites for hydroxylation is 1. The lowest BCUT2D eigenvalue weighted by Gasteiger charge is -2.29. The SMILES string of the molecule is CCN(CC)CCNC(=O)CN1C(=O)COc2ccc(C(=O)COc3cc(C)ccc3Cl)cc21. The number of halogens is 1. The maximum atomic E-state index is 12.8. The van der Waals surface area contributed by atoms with Crippen LogP contribution in [0.5, 0.6) is 11.5 Å². The normalized spacial score (nSPS) is 12.9. The maximum Gasteiger partial charge on any atom is 0.265 e. The van der Waals surface area contributed by atoms with Crippen LogP contribution in [-0.4, -0.2) is 68.4 Å². The van der Waals surface area contributed by atoms with Crippen molar-refractivity contribution in [1.29, 1.82) is 0 Å². The highest BCUT2D eigenvalue weighted by atomic mass is 35.5. The number of likely N-dealkylation sites (N-methyl/N-ethyl adjacent to an activating group) is 1. The molecule has 2 aromatic carbocycles. The predicted molar refractivity (Wildman–Crippen MR) is 131 cm³/mol. The number of benzene rings is 2. The number of Topliss-reactive ketones (excluding diaryl/α,β-unsaturated/α-hetero) is 1. The Bertz CT molecular complexity index is 1050. The van der Waals surface area contributed by atoms with E-state index in [1.54, 1.807) is 30.3 Å². The maximum absolute atomic E-state index is 12.8. The summed E-state index contributed by atoms with van der Waals surface area (Å²) in [6.45, 7) is 8.52. The van der Waals surface area contributed by atoms with Crippen molar-refractivity contribution in [2.45, 2.75) is 20.8 Å².